The largest absolute Gasteiger partial charge is 0.444 e. The number of thioether (sulfide) groups is 1. The van der Waals surface area contributed by atoms with Gasteiger partial charge in [0.15, 0.2) is 0 Å². The number of thiophene rings is 1. The molecule has 3 N–H and O–H groups in total. The number of hydrogen-bond acceptors (Lipinski definition) is 8. The lowest BCUT2D eigenvalue weighted by atomic mass is 10.0. The number of hydrogen-bond donors (Lipinski definition) is 3. The van der Waals surface area contributed by atoms with Crippen molar-refractivity contribution in [2.75, 3.05) is 22.9 Å². The Balaban J connectivity index is 1.23. The van der Waals surface area contributed by atoms with Gasteiger partial charge in [-0.05, 0) is 75.2 Å². The number of fused-ring (bicyclic) bond motifs is 1. The average Bonchev–Trinajstić information content (AvgIpc) is 3.43. The SMILES string of the molecule is CC(C)(C)OC(=O)N1CCc2c(sc(NC(=O)CSc3cccc(NC(=O)/C(=C/c4ccccc4F)NC(=O)c4ccccc4)c3)c2C#N)C1. The highest BCUT2D eigenvalue weighted by molar-refractivity contribution is 8.00. The zero-order chi connectivity index (χ0) is 35.8. The van der Waals surface area contributed by atoms with Crippen molar-refractivity contribution in [3.8, 4) is 6.07 Å². The van der Waals surface area contributed by atoms with E-state index in [1.165, 1.54) is 47.4 Å². The van der Waals surface area contributed by atoms with Crippen molar-refractivity contribution in [3.63, 3.8) is 0 Å². The molecule has 3 aromatic carbocycles. The van der Waals surface area contributed by atoms with Gasteiger partial charge in [0.2, 0.25) is 5.91 Å². The minimum Gasteiger partial charge on any atom is -0.444 e. The zero-order valence-electron chi connectivity index (χ0n) is 27.5. The third-order valence-corrected chi connectivity index (χ3v) is 9.40. The third kappa shape index (κ3) is 9.37. The Morgan fingerprint density at radius 1 is 1.02 bits per heavy atom. The van der Waals surface area contributed by atoms with Crippen LogP contribution in [0.3, 0.4) is 0 Å². The number of rotatable bonds is 9. The second-order valence-electron chi connectivity index (χ2n) is 12.2. The quantitative estimate of drug-likeness (QED) is 0.123. The van der Waals surface area contributed by atoms with Crippen molar-refractivity contribution in [3.05, 3.63) is 118 Å². The van der Waals surface area contributed by atoms with Crippen LogP contribution < -0.4 is 16.0 Å². The predicted molar refractivity (Wildman–Crippen MR) is 192 cm³/mol. The number of carbonyl (C=O) groups is 4. The van der Waals surface area contributed by atoms with E-state index in [1.54, 1.807) is 86.3 Å². The first-order valence-corrected chi connectivity index (χ1v) is 17.4. The standard InChI is InChI=1S/C37H34FN5O5S2/c1-37(2,3)48-36(47)43-17-16-27-28(20-39)35(50-31(27)21-43)42-32(44)22-49-26-14-9-13-25(19-26)40-34(46)30(18-24-12-7-8-15-29(24)38)41-33(45)23-10-5-4-6-11-23/h4-15,18-19H,16-17,21-22H2,1-3H3,(H,40,46)(H,41,45)(H,42,44)/b30-18-. The van der Waals surface area contributed by atoms with Crippen molar-refractivity contribution >= 4 is 63.7 Å². The summed E-state index contributed by atoms with van der Waals surface area (Å²) in [4.78, 5) is 55.0. The number of amides is 4. The summed E-state index contributed by atoms with van der Waals surface area (Å²) in [6, 6.07) is 23.2. The Hall–Kier alpha value is -5.45. The molecule has 4 amide bonds. The molecule has 4 aromatic rings. The van der Waals surface area contributed by atoms with E-state index < -0.39 is 29.3 Å². The van der Waals surface area contributed by atoms with Gasteiger partial charge < -0.3 is 25.6 Å². The maximum atomic E-state index is 14.5. The minimum atomic E-state index is -0.673. The first kappa shape index (κ1) is 35.8. The monoisotopic (exact) mass is 711 g/mol. The number of benzene rings is 3. The highest BCUT2D eigenvalue weighted by Crippen LogP contribution is 2.37. The molecule has 0 atom stereocenters. The molecule has 13 heteroatoms. The first-order valence-electron chi connectivity index (χ1n) is 15.6. The van der Waals surface area contributed by atoms with E-state index >= 15 is 0 Å². The zero-order valence-corrected chi connectivity index (χ0v) is 29.2. The number of nitrogens with one attached hydrogen (secondary N) is 3. The molecule has 1 aliphatic heterocycles. The number of carbonyl (C=O) groups excluding carboxylic acids is 4. The summed E-state index contributed by atoms with van der Waals surface area (Å²) in [5, 5.41) is 18.5. The summed E-state index contributed by atoms with van der Waals surface area (Å²) < 4.78 is 20.0. The van der Waals surface area contributed by atoms with Gasteiger partial charge in [0.25, 0.3) is 11.8 Å². The molecule has 0 saturated heterocycles. The molecule has 10 nitrogen and oxygen atoms in total. The molecule has 0 radical (unpaired) electrons. The van der Waals surface area contributed by atoms with Crippen LogP contribution in [0.25, 0.3) is 6.08 Å². The number of nitrogens with zero attached hydrogens (tertiary/aromatic N) is 2. The van der Waals surface area contributed by atoms with Crippen LogP contribution >= 0.6 is 23.1 Å². The van der Waals surface area contributed by atoms with Gasteiger partial charge in [0, 0.05) is 33.1 Å². The molecule has 0 aliphatic carbocycles. The van der Waals surface area contributed by atoms with E-state index in [1.807, 2.05) is 0 Å². The summed E-state index contributed by atoms with van der Waals surface area (Å²) in [7, 11) is 0. The molecular weight excluding hydrogens is 678 g/mol. The van der Waals surface area contributed by atoms with E-state index in [4.69, 9.17) is 4.74 Å². The number of ether oxygens (including phenoxy) is 1. The maximum Gasteiger partial charge on any atom is 0.410 e. The molecule has 0 fully saturated rings. The molecule has 0 saturated carbocycles. The summed E-state index contributed by atoms with van der Waals surface area (Å²) in [6.45, 7) is 6.10. The second kappa shape index (κ2) is 15.8. The lowest BCUT2D eigenvalue weighted by molar-refractivity contribution is -0.114. The molecule has 0 spiro atoms. The van der Waals surface area contributed by atoms with Gasteiger partial charge in [-0.1, -0.05) is 42.5 Å². The van der Waals surface area contributed by atoms with Gasteiger partial charge in [-0.3, -0.25) is 14.4 Å². The lowest BCUT2D eigenvalue weighted by Crippen LogP contribution is -2.39. The van der Waals surface area contributed by atoms with Gasteiger partial charge in [-0.15, -0.1) is 23.1 Å². The van der Waals surface area contributed by atoms with Crippen LogP contribution in [0.5, 0.6) is 0 Å². The van der Waals surface area contributed by atoms with Gasteiger partial charge in [0.05, 0.1) is 17.9 Å². The van der Waals surface area contributed by atoms with Gasteiger partial charge in [-0.2, -0.15) is 5.26 Å². The third-order valence-electron chi connectivity index (χ3n) is 7.27. The Morgan fingerprint density at radius 3 is 2.48 bits per heavy atom. The topological polar surface area (TPSA) is 141 Å². The number of nitriles is 1. The van der Waals surface area contributed by atoms with Crippen LogP contribution in [0.4, 0.5) is 19.9 Å². The van der Waals surface area contributed by atoms with Crippen LogP contribution in [-0.2, 0) is 27.3 Å². The summed E-state index contributed by atoms with van der Waals surface area (Å²) in [5.74, 6) is -2.09. The maximum absolute atomic E-state index is 14.5. The van der Waals surface area contributed by atoms with Crippen LogP contribution in [0.1, 0.15) is 52.7 Å². The molecule has 50 heavy (non-hydrogen) atoms. The Kier molecular flexibility index (Phi) is 11.4. The van der Waals surface area contributed by atoms with Crippen molar-refractivity contribution in [2.45, 2.75) is 44.2 Å². The van der Waals surface area contributed by atoms with Crippen LogP contribution in [-0.4, -0.2) is 46.6 Å². The highest BCUT2D eigenvalue weighted by Gasteiger charge is 2.30. The van der Waals surface area contributed by atoms with Gasteiger partial charge in [-0.25, -0.2) is 9.18 Å². The minimum absolute atomic E-state index is 0.0143. The van der Waals surface area contributed by atoms with Crippen molar-refractivity contribution in [1.29, 1.82) is 5.26 Å². The lowest BCUT2D eigenvalue weighted by Gasteiger charge is -2.29. The Morgan fingerprint density at radius 2 is 1.76 bits per heavy atom. The summed E-state index contributed by atoms with van der Waals surface area (Å²) in [5.41, 5.74) is 1.26. The molecule has 0 bridgehead atoms. The van der Waals surface area contributed by atoms with Gasteiger partial charge >= 0.3 is 6.09 Å². The van der Waals surface area contributed by atoms with E-state index in [0.717, 1.165) is 10.4 Å². The highest BCUT2D eigenvalue weighted by atomic mass is 32.2. The summed E-state index contributed by atoms with van der Waals surface area (Å²) in [6.07, 6.45) is 1.32. The summed E-state index contributed by atoms with van der Waals surface area (Å²) >= 11 is 2.50. The predicted octanol–water partition coefficient (Wildman–Crippen LogP) is 7.19. The molecule has 1 aliphatic rings. The van der Waals surface area contributed by atoms with Crippen molar-refractivity contribution < 1.29 is 28.3 Å². The number of anilines is 2. The van der Waals surface area contributed by atoms with Crippen molar-refractivity contribution in [2.24, 2.45) is 0 Å². The Bertz CT molecular complexity index is 2000. The van der Waals surface area contributed by atoms with E-state index in [0.29, 0.717) is 46.2 Å². The van der Waals surface area contributed by atoms with Crippen molar-refractivity contribution in [1.82, 2.24) is 10.2 Å². The van der Waals surface area contributed by atoms with E-state index in [9.17, 15) is 28.8 Å². The Labute approximate surface area is 297 Å². The fourth-order valence-corrected chi connectivity index (χ4v) is 6.94. The molecular formula is C37H34FN5O5S2. The molecule has 5 rings (SSSR count). The molecule has 0 unspecified atom stereocenters. The average molecular weight is 712 g/mol. The fourth-order valence-electron chi connectivity index (χ4n) is 4.96. The van der Waals surface area contributed by atoms with E-state index in [2.05, 4.69) is 22.0 Å². The molecule has 2 heterocycles. The van der Waals surface area contributed by atoms with Crippen LogP contribution in [0.2, 0.25) is 0 Å². The second-order valence-corrected chi connectivity index (χ2v) is 14.3. The van der Waals surface area contributed by atoms with E-state index in [-0.39, 0.29) is 22.9 Å². The van der Waals surface area contributed by atoms with Gasteiger partial charge in [0.1, 0.15) is 28.2 Å². The number of halogens is 1. The normalized spacial score (nSPS) is 12.7. The first-order chi connectivity index (χ1) is 23.9. The van der Waals surface area contributed by atoms with Crippen LogP contribution in [0, 0.1) is 17.1 Å². The molecule has 1 aromatic heterocycles. The molecule has 256 valence electrons. The smallest absolute Gasteiger partial charge is 0.410 e. The van der Waals surface area contributed by atoms with Crippen LogP contribution in [0.15, 0.2) is 89.5 Å². The fraction of sp³-hybridized carbons (Fsp3) is 0.216.